The van der Waals surface area contributed by atoms with Crippen molar-refractivity contribution in [1.29, 1.82) is 0 Å². The summed E-state index contributed by atoms with van der Waals surface area (Å²) in [5.74, 6) is -2.02. The summed E-state index contributed by atoms with van der Waals surface area (Å²) in [5, 5.41) is 17.1. The van der Waals surface area contributed by atoms with Crippen molar-refractivity contribution in [2.24, 2.45) is 5.16 Å². The number of carboxylic acids is 1. The molecule has 0 aliphatic carbocycles. The molecule has 148 valence electrons. The summed E-state index contributed by atoms with van der Waals surface area (Å²) >= 11 is 2.48. The molecule has 0 radical (unpaired) electrons. The summed E-state index contributed by atoms with van der Waals surface area (Å²) in [4.78, 5) is 47.0. The number of nitrogens with zero attached hydrogens (tertiary/aromatic N) is 3. The number of thiazole rings is 1. The smallest absolute Gasteiger partial charge is 0.352 e. The second-order valence-corrected chi connectivity index (χ2v) is 7.67. The molecule has 1 aromatic rings. The van der Waals surface area contributed by atoms with Crippen LogP contribution in [0.25, 0.3) is 0 Å². The summed E-state index contributed by atoms with van der Waals surface area (Å²) in [6.07, 6.45) is 1.42. The van der Waals surface area contributed by atoms with Gasteiger partial charge in [-0.25, -0.2) is 9.78 Å². The molecule has 12 heteroatoms. The van der Waals surface area contributed by atoms with Gasteiger partial charge in [0, 0.05) is 11.1 Å². The number of hydrogen-bond donors (Lipinski definition) is 3. The van der Waals surface area contributed by atoms with E-state index < -0.39 is 29.2 Å². The van der Waals surface area contributed by atoms with Crippen molar-refractivity contribution in [2.45, 2.75) is 18.3 Å². The third kappa shape index (κ3) is 3.47. The fourth-order valence-corrected chi connectivity index (χ4v) is 4.63. The Balaban J connectivity index is 1.80. The molecule has 2 atom stereocenters. The number of β-lactam (4-membered cyclic amide) rings is 1. The van der Waals surface area contributed by atoms with Crippen LogP contribution in [-0.2, 0) is 19.2 Å². The van der Waals surface area contributed by atoms with Crippen LogP contribution in [0.4, 0.5) is 5.13 Å². The lowest BCUT2D eigenvalue weighted by atomic mass is 10.0. The van der Waals surface area contributed by atoms with Crippen molar-refractivity contribution in [3.05, 3.63) is 35.0 Å². The molecule has 4 N–H and O–H groups in total. The molecule has 0 bridgehead atoms. The van der Waals surface area contributed by atoms with Crippen LogP contribution in [0.2, 0.25) is 0 Å². The molecule has 0 spiro atoms. The third-order valence-corrected chi connectivity index (χ3v) is 5.97. The van der Waals surface area contributed by atoms with Gasteiger partial charge in [0.25, 0.3) is 11.8 Å². The number of anilines is 1. The van der Waals surface area contributed by atoms with Crippen LogP contribution in [0.3, 0.4) is 0 Å². The Morgan fingerprint density at radius 2 is 2.36 bits per heavy atom. The lowest BCUT2D eigenvalue weighted by Crippen LogP contribution is -2.71. The first kappa shape index (κ1) is 19.9. The van der Waals surface area contributed by atoms with Gasteiger partial charge >= 0.3 is 5.97 Å². The van der Waals surface area contributed by atoms with Gasteiger partial charge < -0.3 is 21.0 Å². The monoisotopic (exact) mass is 423 g/mol. The maximum atomic E-state index is 12.7. The first-order valence-corrected chi connectivity index (χ1v) is 10.1. The number of carbonyl (C=O) groups is 3. The van der Waals surface area contributed by atoms with E-state index in [1.165, 1.54) is 22.7 Å². The Morgan fingerprint density at radius 3 is 2.93 bits per heavy atom. The quantitative estimate of drug-likeness (QED) is 0.324. The number of aliphatic carboxylic acids is 1. The summed E-state index contributed by atoms with van der Waals surface area (Å²) in [5.41, 5.74) is 6.09. The Morgan fingerprint density at radius 1 is 1.61 bits per heavy atom. The molecule has 2 aliphatic heterocycles. The second kappa shape index (κ2) is 8.02. The van der Waals surface area contributed by atoms with E-state index in [0.29, 0.717) is 11.3 Å². The van der Waals surface area contributed by atoms with E-state index in [2.05, 4.69) is 22.0 Å². The van der Waals surface area contributed by atoms with Crippen molar-refractivity contribution in [3.63, 3.8) is 0 Å². The highest BCUT2D eigenvalue weighted by atomic mass is 32.2. The number of fused-ring (bicyclic) bond motifs is 1. The lowest BCUT2D eigenvalue weighted by molar-refractivity contribution is -0.150. The Bertz CT molecular complexity index is 909. The molecule has 0 saturated carbocycles. The predicted octanol–water partition coefficient (Wildman–Crippen LogP) is 0.391. The van der Waals surface area contributed by atoms with Crippen LogP contribution < -0.4 is 11.1 Å². The molecular formula is C16H17N5O5S2. The number of thioether (sulfide) groups is 1. The summed E-state index contributed by atoms with van der Waals surface area (Å²) in [6, 6.07) is -0.888. The molecule has 2 amide bonds. The first-order valence-electron chi connectivity index (χ1n) is 8.14. The lowest BCUT2D eigenvalue weighted by Gasteiger charge is -2.49. The molecule has 1 aromatic heterocycles. The summed E-state index contributed by atoms with van der Waals surface area (Å²) in [7, 11) is 0. The third-order valence-electron chi connectivity index (χ3n) is 4.00. The second-order valence-electron chi connectivity index (χ2n) is 5.67. The van der Waals surface area contributed by atoms with Crippen molar-refractivity contribution >= 4 is 51.7 Å². The van der Waals surface area contributed by atoms with Crippen LogP contribution in [0.15, 0.2) is 34.5 Å². The van der Waals surface area contributed by atoms with Gasteiger partial charge in [-0.2, -0.15) is 0 Å². The van der Waals surface area contributed by atoms with Crippen molar-refractivity contribution < 1.29 is 24.3 Å². The number of aromatic nitrogens is 1. The zero-order chi connectivity index (χ0) is 20.4. The van der Waals surface area contributed by atoms with Crippen LogP contribution in [0, 0.1) is 0 Å². The van der Waals surface area contributed by atoms with Gasteiger partial charge in [0.05, 0.1) is 0 Å². The number of amides is 2. The molecule has 1 fully saturated rings. The summed E-state index contributed by atoms with van der Waals surface area (Å²) < 4.78 is 0. The van der Waals surface area contributed by atoms with E-state index in [9.17, 15) is 19.5 Å². The van der Waals surface area contributed by atoms with E-state index in [1.54, 1.807) is 12.3 Å². The molecule has 28 heavy (non-hydrogen) atoms. The van der Waals surface area contributed by atoms with Crippen LogP contribution in [-0.4, -0.2) is 62.3 Å². The predicted molar refractivity (Wildman–Crippen MR) is 105 cm³/mol. The van der Waals surface area contributed by atoms with Gasteiger partial charge in [0.1, 0.15) is 29.4 Å². The van der Waals surface area contributed by atoms with Crippen LogP contribution in [0.5, 0.6) is 0 Å². The number of carboxylic acid groups (broad SMARTS) is 1. The Hall–Kier alpha value is -2.86. The van der Waals surface area contributed by atoms with E-state index in [1.807, 2.05) is 0 Å². The first-order chi connectivity index (χ1) is 13.4. The number of hydrogen-bond acceptors (Lipinski definition) is 9. The molecule has 2 aliphatic rings. The van der Waals surface area contributed by atoms with Gasteiger partial charge in [-0.1, -0.05) is 17.8 Å². The minimum atomic E-state index is -1.21. The van der Waals surface area contributed by atoms with Crippen LogP contribution in [0.1, 0.15) is 12.6 Å². The maximum Gasteiger partial charge on any atom is 0.352 e. The number of nitrogens with two attached hydrogens (primary N) is 1. The highest BCUT2D eigenvalue weighted by Gasteiger charge is 2.54. The van der Waals surface area contributed by atoms with Gasteiger partial charge in [0.15, 0.2) is 10.8 Å². The molecule has 3 heterocycles. The number of oxime groups is 1. The number of allylic oxidation sites excluding steroid dienone is 1. The van der Waals surface area contributed by atoms with Crippen molar-refractivity contribution in [2.75, 3.05) is 18.1 Å². The number of carbonyl (C=O) groups excluding carboxylic acids is 2. The fraction of sp³-hybridized carbons (Fsp3) is 0.312. The SMILES string of the molecule is C=CC1=C(C(=O)O)N2C(=O)C(NC(=O)C(=NOCC)c3csc(N)n3)[C@@H]2SC1. The Kier molecular flexibility index (Phi) is 5.70. The average Bonchev–Trinajstić information content (AvgIpc) is 3.10. The van der Waals surface area contributed by atoms with Crippen LogP contribution >= 0.6 is 23.1 Å². The van der Waals surface area contributed by atoms with Gasteiger partial charge in [-0.15, -0.1) is 23.1 Å². The van der Waals surface area contributed by atoms with Gasteiger partial charge in [0.2, 0.25) is 0 Å². The molecular weight excluding hydrogens is 406 g/mol. The average molecular weight is 423 g/mol. The topological polar surface area (TPSA) is 147 Å². The maximum absolute atomic E-state index is 12.7. The zero-order valence-electron chi connectivity index (χ0n) is 14.7. The van der Waals surface area contributed by atoms with E-state index in [4.69, 9.17) is 10.6 Å². The molecule has 0 aromatic carbocycles. The molecule has 10 nitrogen and oxygen atoms in total. The summed E-state index contributed by atoms with van der Waals surface area (Å²) in [6.45, 7) is 5.54. The van der Waals surface area contributed by atoms with E-state index in [-0.39, 0.29) is 28.8 Å². The fourth-order valence-electron chi connectivity index (χ4n) is 2.74. The number of nitrogen functional groups attached to an aromatic ring is 1. The number of rotatable bonds is 7. The number of nitrogens with one attached hydrogen (secondary N) is 1. The van der Waals surface area contributed by atoms with E-state index in [0.717, 1.165) is 11.3 Å². The standard InChI is InChI=1S/C16H17N5O5S2/c1-3-7-5-27-14-10(13(23)21(14)11(7)15(24)25)19-12(22)9(20-26-4-2)8-6-28-16(17)18-8/h3,6,10,14H,1,4-5H2,2H3,(H2,17,18)(H,19,22)(H,24,25)/t10?,14-/m0/s1. The molecule has 1 unspecified atom stereocenters. The Labute approximate surface area is 168 Å². The minimum Gasteiger partial charge on any atom is -0.477 e. The van der Waals surface area contributed by atoms with E-state index >= 15 is 0 Å². The van der Waals surface area contributed by atoms with Gasteiger partial charge in [-0.05, 0) is 12.5 Å². The van der Waals surface area contributed by atoms with Crippen molar-refractivity contribution in [1.82, 2.24) is 15.2 Å². The largest absolute Gasteiger partial charge is 0.477 e. The molecule has 3 rings (SSSR count). The highest BCUT2D eigenvalue weighted by Crippen LogP contribution is 2.40. The van der Waals surface area contributed by atoms with Crippen molar-refractivity contribution in [3.8, 4) is 0 Å². The van der Waals surface area contributed by atoms with Gasteiger partial charge in [-0.3, -0.25) is 14.5 Å². The highest BCUT2D eigenvalue weighted by molar-refractivity contribution is 8.00. The normalized spacial score (nSPS) is 21.7. The molecule has 1 saturated heterocycles. The minimum absolute atomic E-state index is 0.107. The zero-order valence-corrected chi connectivity index (χ0v) is 16.4.